The van der Waals surface area contributed by atoms with E-state index < -0.39 is 27.9 Å². The van der Waals surface area contributed by atoms with Crippen molar-refractivity contribution in [1.29, 1.82) is 0 Å². The number of para-hydroxylation sites is 1. The Balaban J connectivity index is 3.00. The summed E-state index contributed by atoms with van der Waals surface area (Å²) in [6.07, 6.45) is 4.41. The third-order valence-corrected chi connectivity index (χ3v) is 3.27. The zero-order valence-electron chi connectivity index (χ0n) is 12.2. The number of rotatable bonds is 7. The second-order valence-electron chi connectivity index (χ2n) is 4.59. The van der Waals surface area contributed by atoms with E-state index in [2.05, 4.69) is 10.0 Å². The second kappa shape index (κ2) is 7.60. The van der Waals surface area contributed by atoms with Crippen LogP contribution >= 0.6 is 0 Å². The van der Waals surface area contributed by atoms with E-state index in [-0.39, 0.29) is 17.7 Å². The lowest BCUT2D eigenvalue weighted by Crippen LogP contribution is -2.40. The molecular formula is C14H18N2O5S. The van der Waals surface area contributed by atoms with Crippen LogP contribution in [0, 0.1) is 0 Å². The Hall–Kier alpha value is -2.35. The van der Waals surface area contributed by atoms with Gasteiger partial charge in [0.05, 0.1) is 17.5 Å². The molecule has 0 aliphatic rings. The summed E-state index contributed by atoms with van der Waals surface area (Å²) in [6.45, 7) is 1.74. The van der Waals surface area contributed by atoms with Crippen LogP contribution in [0.4, 0.5) is 5.69 Å². The topological polar surface area (TPSA) is 113 Å². The quantitative estimate of drug-likeness (QED) is 0.652. The molecule has 0 saturated heterocycles. The first-order chi connectivity index (χ1) is 10.2. The minimum atomic E-state index is -3.55. The Morgan fingerprint density at radius 3 is 2.50 bits per heavy atom. The summed E-state index contributed by atoms with van der Waals surface area (Å²) in [4.78, 5) is 23.3. The van der Waals surface area contributed by atoms with Crippen molar-refractivity contribution in [3.05, 3.63) is 42.0 Å². The maximum atomic E-state index is 12.2. The van der Waals surface area contributed by atoms with E-state index in [0.717, 1.165) is 6.26 Å². The van der Waals surface area contributed by atoms with Gasteiger partial charge in [-0.05, 0) is 25.5 Å². The Bertz CT molecular complexity index is 682. The molecule has 1 unspecified atom stereocenters. The van der Waals surface area contributed by atoms with E-state index in [4.69, 9.17) is 5.11 Å². The predicted molar refractivity (Wildman–Crippen MR) is 83.2 cm³/mol. The molecule has 0 aliphatic carbocycles. The van der Waals surface area contributed by atoms with Crippen LogP contribution < -0.4 is 10.0 Å². The fourth-order valence-corrected chi connectivity index (χ4v) is 2.28. The van der Waals surface area contributed by atoms with Crippen molar-refractivity contribution in [2.75, 3.05) is 11.0 Å². The van der Waals surface area contributed by atoms with Crippen molar-refractivity contribution in [2.45, 2.75) is 19.4 Å². The number of aliphatic carboxylic acids is 1. The average molecular weight is 326 g/mol. The minimum Gasteiger partial charge on any atom is -0.480 e. The lowest BCUT2D eigenvalue weighted by atomic mass is 10.1. The van der Waals surface area contributed by atoms with Crippen molar-refractivity contribution < 1.29 is 23.1 Å². The summed E-state index contributed by atoms with van der Waals surface area (Å²) in [7, 11) is -3.55. The summed E-state index contributed by atoms with van der Waals surface area (Å²) in [5, 5.41) is 11.5. The standard InChI is InChI=1S/C14H18N2O5S/c1-3-4-8-12(14(18)19)15-13(17)10-7-5-6-9-11(10)16-22(2,20)21/h3-7,9,12,16H,8H2,1-2H3,(H,15,17)(H,18,19)/b4-3+. The molecule has 0 heterocycles. The number of hydrogen-bond donors (Lipinski definition) is 3. The molecule has 0 aliphatic heterocycles. The van der Waals surface area contributed by atoms with Crippen LogP contribution in [0.25, 0.3) is 0 Å². The van der Waals surface area contributed by atoms with Crippen LogP contribution in [-0.2, 0) is 14.8 Å². The molecule has 1 aromatic carbocycles. The van der Waals surface area contributed by atoms with Gasteiger partial charge < -0.3 is 10.4 Å². The first-order valence-electron chi connectivity index (χ1n) is 6.46. The van der Waals surface area contributed by atoms with Gasteiger partial charge in [0.1, 0.15) is 6.04 Å². The van der Waals surface area contributed by atoms with Gasteiger partial charge >= 0.3 is 5.97 Å². The minimum absolute atomic E-state index is 0.0552. The van der Waals surface area contributed by atoms with E-state index in [1.165, 1.54) is 12.1 Å². The smallest absolute Gasteiger partial charge is 0.326 e. The Morgan fingerprint density at radius 2 is 1.95 bits per heavy atom. The maximum absolute atomic E-state index is 12.2. The highest BCUT2D eigenvalue weighted by atomic mass is 32.2. The molecular weight excluding hydrogens is 308 g/mol. The van der Waals surface area contributed by atoms with Gasteiger partial charge in [0.2, 0.25) is 10.0 Å². The largest absolute Gasteiger partial charge is 0.480 e. The van der Waals surface area contributed by atoms with Crippen LogP contribution in [0.1, 0.15) is 23.7 Å². The second-order valence-corrected chi connectivity index (χ2v) is 6.34. The van der Waals surface area contributed by atoms with E-state index in [9.17, 15) is 18.0 Å². The Kier molecular flexibility index (Phi) is 6.11. The van der Waals surface area contributed by atoms with Crippen molar-refractivity contribution in [3.63, 3.8) is 0 Å². The average Bonchev–Trinajstić information content (AvgIpc) is 2.41. The van der Waals surface area contributed by atoms with Crippen molar-refractivity contribution in [1.82, 2.24) is 5.32 Å². The zero-order chi connectivity index (χ0) is 16.8. The van der Waals surface area contributed by atoms with Gasteiger partial charge in [-0.2, -0.15) is 0 Å². The normalized spacial score (nSPS) is 12.8. The number of hydrogen-bond acceptors (Lipinski definition) is 4. The summed E-state index contributed by atoms with van der Waals surface area (Å²) in [6, 6.07) is 4.88. The summed E-state index contributed by atoms with van der Waals surface area (Å²) < 4.78 is 24.8. The number of anilines is 1. The van der Waals surface area contributed by atoms with E-state index >= 15 is 0 Å². The first kappa shape index (κ1) is 17.7. The van der Waals surface area contributed by atoms with Crippen molar-refractivity contribution >= 4 is 27.6 Å². The summed E-state index contributed by atoms with van der Waals surface area (Å²) in [5.74, 6) is -1.83. The predicted octanol–water partition coefficient (Wildman–Crippen LogP) is 1.21. The highest BCUT2D eigenvalue weighted by Crippen LogP contribution is 2.16. The van der Waals surface area contributed by atoms with Crippen LogP contribution in [0.3, 0.4) is 0 Å². The first-order valence-corrected chi connectivity index (χ1v) is 8.35. The van der Waals surface area contributed by atoms with Gasteiger partial charge in [0.15, 0.2) is 0 Å². The molecule has 0 fully saturated rings. The lowest BCUT2D eigenvalue weighted by molar-refractivity contribution is -0.139. The van der Waals surface area contributed by atoms with Crippen molar-refractivity contribution in [3.8, 4) is 0 Å². The number of carboxylic acid groups (broad SMARTS) is 1. The molecule has 3 N–H and O–H groups in total. The highest BCUT2D eigenvalue weighted by Gasteiger charge is 2.21. The molecule has 1 rings (SSSR count). The molecule has 0 spiro atoms. The number of allylic oxidation sites excluding steroid dienone is 1. The lowest BCUT2D eigenvalue weighted by Gasteiger charge is -2.15. The number of sulfonamides is 1. The van der Waals surface area contributed by atoms with Crippen molar-refractivity contribution in [2.24, 2.45) is 0 Å². The fourth-order valence-electron chi connectivity index (χ4n) is 1.70. The van der Waals surface area contributed by atoms with E-state index in [1.54, 1.807) is 31.2 Å². The number of nitrogens with one attached hydrogen (secondary N) is 2. The summed E-state index contributed by atoms with van der Waals surface area (Å²) in [5.41, 5.74) is 0.150. The zero-order valence-corrected chi connectivity index (χ0v) is 13.1. The molecule has 0 bridgehead atoms. The SMILES string of the molecule is C/C=C/CC(NC(=O)c1ccccc1NS(C)(=O)=O)C(=O)O. The highest BCUT2D eigenvalue weighted by molar-refractivity contribution is 7.92. The van der Waals surface area contributed by atoms with Gasteiger partial charge in [0.25, 0.3) is 5.91 Å². The van der Waals surface area contributed by atoms with Gasteiger partial charge in [-0.3, -0.25) is 9.52 Å². The molecule has 120 valence electrons. The Labute approximate surface area is 129 Å². The molecule has 0 aromatic heterocycles. The number of carboxylic acids is 1. The van der Waals surface area contributed by atoms with Crippen LogP contribution in [0.15, 0.2) is 36.4 Å². The molecule has 8 heteroatoms. The molecule has 1 amide bonds. The van der Waals surface area contributed by atoms with Gasteiger partial charge in [-0.15, -0.1) is 0 Å². The summed E-state index contributed by atoms with van der Waals surface area (Å²) >= 11 is 0. The molecule has 0 radical (unpaired) electrons. The molecule has 1 aromatic rings. The van der Waals surface area contributed by atoms with Crippen LogP contribution in [0.5, 0.6) is 0 Å². The Morgan fingerprint density at radius 1 is 1.32 bits per heavy atom. The third kappa shape index (κ3) is 5.57. The molecule has 7 nitrogen and oxygen atoms in total. The monoisotopic (exact) mass is 326 g/mol. The van der Waals surface area contributed by atoms with E-state index in [1.807, 2.05) is 0 Å². The maximum Gasteiger partial charge on any atom is 0.326 e. The number of carbonyl (C=O) groups excluding carboxylic acids is 1. The van der Waals surface area contributed by atoms with E-state index in [0.29, 0.717) is 0 Å². The molecule has 0 saturated carbocycles. The van der Waals surface area contributed by atoms with Gasteiger partial charge in [0, 0.05) is 0 Å². The third-order valence-electron chi connectivity index (χ3n) is 2.68. The number of benzene rings is 1. The number of carbonyl (C=O) groups is 2. The fraction of sp³-hybridized carbons (Fsp3) is 0.286. The van der Waals surface area contributed by atoms with Gasteiger partial charge in [-0.1, -0.05) is 24.3 Å². The van der Waals surface area contributed by atoms with Crippen LogP contribution in [0.2, 0.25) is 0 Å². The number of amides is 1. The molecule has 22 heavy (non-hydrogen) atoms. The molecule has 1 atom stereocenters. The van der Waals surface area contributed by atoms with Gasteiger partial charge in [-0.25, -0.2) is 13.2 Å². The van der Waals surface area contributed by atoms with Crippen LogP contribution in [-0.4, -0.2) is 37.7 Å².